The Hall–Kier alpha value is -2.76. The van der Waals surface area contributed by atoms with E-state index in [4.69, 9.17) is 18.6 Å². The Labute approximate surface area is 139 Å². The van der Waals surface area contributed by atoms with Crippen molar-refractivity contribution < 1.29 is 23.4 Å². The summed E-state index contributed by atoms with van der Waals surface area (Å²) in [6.45, 7) is 3.72. The number of hydrogen-bond acceptors (Lipinski definition) is 6. The van der Waals surface area contributed by atoms with Gasteiger partial charge in [0.25, 0.3) is 5.75 Å². The molecule has 1 heterocycles. The minimum absolute atomic E-state index is 0.121. The average Bonchev–Trinajstić information content (AvgIpc) is 2.55. The number of carbonyl (C=O) groups excluding carboxylic acids is 1. The van der Waals surface area contributed by atoms with Crippen LogP contribution in [-0.2, 0) is 4.79 Å². The summed E-state index contributed by atoms with van der Waals surface area (Å²) in [6, 6.07) is 5.08. The van der Waals surface area contributed by atoms with Crippen molar-refractivity contribution in [3.05, 3.63) is 40.8 Å². The van der Waals surface area contributed by atoms with Crippen LogP contribution in [0.3, 0.4) is 0 Å². The van der Waals surface area contributed by atoms with Crippen molar-refractivity contribution >= 4 is 16.9 Å². The molecule has 0 fully saturated rings. The first kappa shape index (κ1) is 17.6. The summed E-state index contributed by atoms with van der Waals surface area (Å²) in [5.41, 5.74) is -0.480. The van der Waals surface area contributed by atoms with Gasteiger partial charge in [-0.25, -0.2) is 4.79 Å². The highest BCUT2D eigenvalue weighted by molar-refractivity contribution is 5.92. The Bertz CT molecular complexity index is 803. The van der Waals surface area contributed by atoms with Gasteiger partial charge in [0.05, 0.1) is 13.7 Å². The number of rotatable bonds is 7. The van der Waals surface area contributed by atoms with Crippen LogP contribution in [0.25, 0.3) is 11.0 Å². The van der Waals surface area contributed by atoms with Crippen LogP contribution < -0.4 is 19.8 Å². The number of hydrogen-bond donors (Lipinski definition) is 0. The lowest BCUT2D eigenvalue weighted by Gasteiger charge is -2.13. The molecule has 0 N–H and O–H groups in total. The fourth-order valence-electron chi connectivity index (χ4n) is 2.24. The zero-order valence-electron chi connectivity index (χ0n) is 14.0. The third-order valence-electron chi connectivity index (χ3n) is 3.20. The Kier molecular flexibility index (Phi) is 6.01. The van der Waals surface area contributed by atoms with Gasteiger partial charge in [-0.05, 0) is 25.0 Å². The molecule has 0 radical (unpaired) electrons. The average molecular weight is 332 g/mol. The molecule has 0 spiro atoms. The monoisotopic (exact) mass is 332 g/mol. The smallest absolute Gasteiger partial charge is 0.383 e. The van der Waals surface area contributed by atoms with Crippen LogP contribution in [0.2, 0.25) is 0 Å². The number of esters is 1. The zero-order chi connectivity index (χ0) is 17.5. The van der Waals surface area contributed by atoms with Crippen LogP contribution in [0.15, 0.2) is 39.6 Å². The molecule has 1 aromatic heterocycles. The number of carbonyl (C=O) groups is 1. The molecule has 0 saturated carbocycles. The van der Waals surface area contributed by atoms with Gasteiger partial charge < -0.3 is 18.6 Å². The molecule has 2 aromatic rings. The van der Waals surface area contributed by atoms with E-state index in [9.17, 15) is 9.59 Å². The summed E-state index contributed by atoms with van der Waals surface area (Å²) in [7, 11) is 1.39. The number of ether oxygens (including phenoxy) is 3. The summed E-state index contributed by atoms with van der Waals surface area (Å²) >= 11 is 0. The van der Waals surface area contributed by atoms with E-state index >= 15 is 0 Å². The standard InChI is InChI=1S/C18H20O6/c1-4-5-6-7-11-22-13-9-8-10-14-15(13)16(21-3)17(18(20)24-14)23-12(2)19/h5-6,8-10H,4,7,11H2,1-3H3/b6-5+. The molecule has 6 heteroatoms. The number of benzene rings is 1. The van der Waals surface area contributed by atoms with Crippen LogP contribution in [-0.4, -0.2) is 19.7 Å². The van der Waals surface area contributed by atoms with Crippen molar-refractivity contribution in [1.29, 1.82) is 0 Å². The molecule has 0 aliphatic rings. The number of allylic oxidation sites excluding steroid dienone is 1. The quantitative estimate of drug-likeness (QED) is 0.334. The van der Waals surface area contributed by atoms with Crippen LogP contribution in [0.4, 0.5) is 0 Å². The van der Waals surface area contributed by atoms with E-state index in [-0.39, 0.29) is 11.5 Å². The SMILES string of the molecule is CC/C=C/CCOc1cccc2oc(=O)c(OC(C)=O)c(OC)c12. The van der Waals surface area contributed by atoms with Gasteiger partial charge in [0.2, 0.25) is 0 Å². The molecule has 0 aliphatic heterocycles. The largest absolute Gasteiger partial charge is 0.492 e. The van der Waals surface area contributed by atoms with E-state index in [2.05, 4.69) is 13.0 Å². The lowest BCUT2D eigenvalue weighted by molar-refractivity contribution is -0.132. The molecule has 0 saturated heterocycles. The Morgan fingerprint density at radius 2 is 2.04 bits per heavy atom. The van der Waals surface area contributed by atoms with Gasteiger partial charge in [0.1, 0.15) is 16.7 Å². The molecular weight excluding hydrogens is 312 g/mol. The summed E-state index contributed by atoms with van der Waals surface area (Å²) in [5, 5.41) is 0.454. The minimum atomic E-state index is -0.780. The van der Waals surface area contributed by atoms with Crippen molar-refractivity contribution in [2.24, 2.45) is 0 Å². The Morgan fingerprint density at radius 3 is 2.71 bits per heavy atom. The van der Waals surface area contributed by atoms with Crippen LogP contribution in [0.5, 0.6) is 17.2 Å². The molecule has 24 heavy (non-hydrogen) atoms. The van der Waals surface area contributed by atoms with Gasteiger partial charge in [-0.15, -0.1) is 0 Å². The molecule has 1 aromatic carbocycles. The molecule has 0 bridgehead atoms. The lowest BCUT2D eigenvalue weighted by Crippen LogP contribution is -2.13. The number of fused-ring (bicyclic) bond motifs is 1. The Morgan fingerprint density at radius 1 is 1.25 bits per heavy atom. The van der Waals surface area contributed by atoms with Crippen LogP contribution >= 0.6 is 0 Å². The van der Waals surface area contributed by atoms with Crippen molar-refractivity contribution in [2.75, 3.05) is 13.7 Å². The fourth-order valence-corrected chi connectivity index (χ4v) is 2.24. The predicted molar refractivity (Wildman–Crippen MR) is 89.9 cm³/mol. The summed E-state index contributed by atoms with van der Waals surface area (Å²) in [6.07, 6.45) is 5.82. The molecule has 0 atom stereocenters. The lowest BCUT2D eigenvalue weighted by atomic mass is 10.2. The van der Waals surface area contributed by atoms with Gasteiger partial charge >= 0.3 is 11.6 Å². The summed E-state index contributed by atoms with van der Waals surface area (Å²) in [5.74, 6) is -0.301. The number of methoxy groups -OCH3 is 1. The molecular formula is C18H20O6. The second-order valence-corrected chi connectivity index (χ2v) is 4.99. The molecule has 2 rings (SSSR count). The Balaban J connectivity index is 2.46. The van der Waals surface area contributed by atoms with Crippen molar-refractivity contribution in [3.8, 4) is 17.2 Å². The van der Waals surface area contributed by atoms with Gasteiger partial charge in [0.15, 0.2) is 5.75 Å². The topological polar surface area (TPSA) is 75.0 Å². The van der Waals surface area contributed by atoms with E-state index in [1.54, 1.807) is 18.2 Å². The van der Waals surface area contributed by atoms with Gasteiger partial charge in [0, 0.05) is 6.92 Å². The third-order valence-corrected chi connectivity index (χ3v) is 3.20. The van der Waals surface area contributed by atoms with E-state index in [1.165, 1.54) is 14.0 Å². The van der Waals surface area contributed by atoms with Crippen LogP contribution in [0.1, 0.15) is 26.7 Å². The van der Waals surface area contributed by atoms with Crippen molar-refractivity contribution in [3.63, 3.8) is 0 Å². The highest BCUT2D eigenvalue weighted by Gasteiger charge is 2.21. The maximum Gasteiger partial charge on any atom is 0.383 e. The van der Waals surface area contributed by atoms with Gasteiger partial charge in [-0.3, -0.25) is 4.79 Å². The van der Waals surface area contributed by atoms with Crippen molar-refractivity contribution in [1.82, 2.24) is 0 Å². The zero-order valence-corrected chi connectivity index (χ0v) is 14.0. The van der Waals surface area contributed by atoms with E-state index in [0.29, 0.717) is 23.3 Å². The first-order chi connectivity index (χ1) is 11.6. The normalized spacial score (nSPS) is 11.0. The summed E-state index contributed by atoms with van der Waals surface area (Å²) in [4.78, 5) is 23.2. The fraction of sp³-hybridized carbons (Fsp3) is 0.333. The highest BCUT2D eigenvalue weighted by Crippen LogP contribution is 2.38. The first-order valence-corrected chi connectivity index (χ1v) is 7.68. The van der Waals surface area contributed by atoms with Gasteiger partial charge in [-0.2, -0.15) is 0 Å². The van der Waals surface area contributed by atoms with Gasteiger partial charge in [-0.1, -0.05) is 25.1 Å². The first-order valence-electron chi connectivity index (χ1n) is 7.68. The third kappa shape index (κ3) is 3.95. The van der Waals surface area contributed by atoms with Crippen molar-refractivity contribution in [2.45, 2.75) is 26.7 Å². The van der Waals surface area contributed by atoms with E-state index in [1.807, 2.05) is 6.08 Å². The molecule has 0 unspecified atom stereocenters. The van der Waals surface area contributed by atoms with E-state index < -0.39 is 11.6 Å². The molecule has 0 amide bonds. The maximum absolute atomic E-state index is 12.0. The second-order valence-electron chi connectivity index (χ2n) is 4.99. The molecule has 128 valence electrons. The maximum atomic E-state index is 12.0. The second kappa shape index (κ2) is 8.19. The molecule has 6 nitrogen and oxygen atoms in total. The highest BCUT2D eigenvalue weighted by atomic mass is 16.6. The van der Waals surface area contributed by atoms with Crippen LogP contribution in [0, 0.1) is 0 Å². The minimum Gasteiger partial charge on any atom is -0.492 e. The predicted octanol–water partition coefficient (Wildman–Crippen LogP) is 3.46. The van der Waals surface area contributed by atoms with E-state index in [0.717, 1.165) is 12.8 Å². The molecule has 0 aliphatic carbocycles. The summed E-state index contributed by atoms with van der Waals surface area (Å²) < 4.78 is 21.2.